The Morgan fingerprint density at radius 2 is 1.91 bits per heavy atom. The molecule has 128 valence electrons. The van der Waals surface area contributed by atoms with Crippen LogP contribution in [0.3, 0.4) is 0 Å². The number of rotatable bonds is 5. The molecule has 0 spiro atoms. The summed E-state index contributed by atoms with van der Waals surface area (Å²) in [5, 5.41) is 4.29. The van der Waals surface area contributed by atoms with Gasteiger partial charge in [0.05, 0.1) is 30.4 Å². The number of carbonyl (C=O) groups is 1. The monoisotopic (exact) mass is 322 g/mol. The lowest BCUT2D eigenvalue weighted by molar-refractivity contribution is -0.143. The number of esters is 1. The van der Waals surface area contributed by atoms with E-state index in [9.17, 15) is 4.79 Å². The van der Waals surface area contributed by atoms with Crippen LogP contribution in [0.4, 0.5) is 0 Å². The second-order valence-corrected chi connectivity index (χ2v) is 7.05. The molecule has 0 saturated carbocycles. The highest BCUT2D eigenvalue weighted by atomic mass is 16.7. The van der Waals surface area contributed by atoms with Gasteiger partial charge in [0.25, 0.3) is 0 Å². The molecule has 0 N–H and O–H groups in total. The maximum absolute atomic E-state index is 12.1. The SMILES string of the molecule is CCOC(=O)CC(B1OC(C)(C)C(C)(C)O1)c1cnn(C)c1C. The maximum Gasteiger partial charge on any atom is 0.466 e. The molecule has 7 heteroatoms. The van der Waals surface area contributed by atoms with Gasteiger partial charge < -0.3 is 14.0 Å². The zero-order valence-corrected chi connectivity index (χ0v) is 15.2. The molecule has 0 amide bonds. The van der Waals surface area contributed by atoms with Gasteiger partial charge in [-0.05, 0) is 47.1 Å². The van der Waals surface area contributed by atoms with Crippen molar-refractivity contribution >= 4 is 13.1 Å². The first-order chi connectivity index (χ1) is 10.6. The summed E-state index contributed by atoms with van der Waals surface area (Å²) in [6.45, 7) is 12.2. The Morgan fingerprint density at radius 1 is 1.35 bits per heavy atom. The number of aromatic nitrogens is 2. The molecule has 1 aromatic heterocycles. The molecule has 6 nitrogen and oxygen atoms in total. The van der Waals surface area contributed by atoms with E-state index >= 15 is 0 Å². The number of aryl methyl sites for hydroxylation is 1. The van der Waals surface area contributed by atoms with Gasteiger partial charge in [-0.1, -0.05) is 0 Å². The fourth-order valence-corrected chi connectivity index (χ4v) is 2.68. The molecule has 2 rings (SSSR count). The van der Waals surface area contributed by atoms with E-state index in [-0.39, 0.29) is 18.2 Å². The Balaban J connectivity index is 2.31. The molecular weight excluding hydrogens is 295 g/mol. The van der Waals surface area contributed by atoms with E-state index in [1.807, 2.05) is 41.7 Å². The van der Waals surface area contributed by atoms with Gasteiger partial charge in [-0.2, -0.15) is 5.10 Å². The molecule has 1 unspecified atom stereocenters. The van der Waals surface area contributed by atoms with Crippen molar-refractivity contribution in [1.82, 2.24) is 9.78 Å². The summed E-state index contributed by atoms with van der Waals surface area (Å²) < 4.78 is 19.2. The molecule has 1 atom stereocenters. The largest absolute Gasteiger partial charge is 0.466 e. The van der Waals surface area contributed by atoms with Gasteiger partial charge in [0.15, 0.2) is 0 Å². The first kappa shape index (κ1) is 18.0. The second-order valence-electron chi connectivity index (χ2n) is 7.05. The maximum atomic E-state index is 12.1. The molecule has 0 bridgehead atoms. The molecule has 1 aromatic rings. The average Bonchev–Trinajstić information content (AvgIpc) is 2.85. The van der Waals surface area contributed by atoms with Crippen molar-refractivity contribution in [3.63, 3.8) is 0 Å². The van der Waals surface area contributed by atoms with Crippen LogP contribution < -0.4 is 0 Å². The smallest absolute Gasteiger partial charge is 0.466 e. The number of nitrogens with zero attached hydrogens (tertiary/aromatic N) is 2. The van der Waals surface area contributed by atoms with Crippen molar-refractivity contribution in [2.45, 2.75) is 65.0 Å². The topological polar surface area (TPSA) is 62.6 Å². The summed E-state index contributed by atoms with van der Waals surface area (Å²) in [5.74, 6) is -0.501. The van der Waals surface area contributed by atoms with Crippen molar-refractivity contribution < 1.29 is 18.8 Å². The van der Waals surface area contributed by atoms with Crippen molar-refractivity contribution in [2.75, 3.05) is 6.61 Å². The lowest BCUT2D eigenvalue weighted by Gasteiger charge is -2.32. The summed E-state index contributed by atoms with van der Waals surface area (Å²) in [5.41, 5.74) is 1.06. The van der Waals surface area contributed by atoms with Crippen LogP contribution in [0.5, 0.6) is 0 Å². The Morgan fingerprint density at radius 3 is 2.35 bits per heavy atom. The second kappa shape index (κ2) is 6.28. The number of ether oxygens (including phenoxy) is 1. The van der Waals surface area contributed by atoms with Crippen LogP contribution in [0.1, 0.15) is 58.1 Å². The fraction of sp³-hybridized carbons (Fsp3) is 0.750. The number of carbonyl (C=O) groups excluding carboxylic acids is 1. The van der Waals surface area contributed by atoms with Crippen molar-refractivity contribution in [3.05, 3.63) is 17.5 Å². The minimum atomic E-state index is -0.507. The van der Waals surface area contributed by atoms with Crippen LogP contribution in [0, 0.1) is 6.92 Å². The van der Waals surface area contributed by atoms with Crippen LogP contribution >= 0.6 is 0 Å². The molecule has 1 aliphatic rings. The lowest BCUT2D eigenvalue weighted by atomic mass is 9.66. The van der Waals surface area contributed by atoms with E-state index < -0.39 is 18.3 Å². The molecular formula is C16H27BN2O4. The predicted molar refractivity (Wildman–Crippen MR) is 88.0 cm³/mol. The van der Waals surface area contributed by atoms with Crippen LogP contribution in [0.2, 0.25) is 0 Å². The minimum Gasteiger partial charge on any atom is -0.466 e. The molecule has 1 aliphatic heterocycles. The first-order valence-corrected chi connectivity index (χ1v) is 8.09. The van der Waals surface area contributed by atoms with Crippen LogP contribution in [-0.4, -0.2) is 40.7 Å². The third-order valence-electron chi connectivity index (χ3n) is 4.96. The Kier molecular flexibility index (Phi) is 4.92. The van der Waals surface area contributed by atoms with Crippen molar-refractivity contribution in [1.29, 1.82) is 0 Å². The van der Waals surface area contributed by atoms with Gasteiger partial charge in [0, 0.05) is 18.6 Å². The third kappa shape index (κ3) is 3.45. The van der Waals surface area contributed by atoms with Crippen LogP contribution in [0.15, 0.2) is 6.20 Å². The Labute approximate surface area is 138 Å². The molecule has 0 radical (unpaired) electrons. The van der Waals surface area contributed by atoms with Gasteiger partial charge >= 0.3 is 13.1 Å². The van der Waals surface area contributed by atoms with Gasteiger partial charge in [0.1, 0.15) is 0 Å². The van der Waals surface area contributed by atoms with E-state index in [0.29, 0.717) is 6.61 Å². The highest BCUT2D eigenvalue weighted by Crippen LogP contribution is 2.42. The molecule has 1 fully saturated rings. The quantitative estimate of drug-likeness (QED) is 0.615. The fourth-order valence-electron chi connectivity index (χ4n) is 2.68. The van der Waals surface area contributed by atoms with Crippen molar-refractivity contribution in [3.8, 4) is 0 Å². The Bertz CT molecular complexity index is 567. The third-order valence-corrected chi connectivity index (χ3v) is 4.96. The summed E-state index contributed by atoms with van der Waals surface area (Å²) in [6, 6.07) is 0. The van der Waals surface area contributed by atoms with Crippen molar-refractivity contribution in [2.24, 2.45) is 7.05 Å². The van der Waals surface area contributed by atoms with Gasteiger partial charge in [-0.3, -0.25) is 9.48 Å². The standard InChI is InChI=1S/C16H27BN2O4/c1-8-21-14(20)9-13(12-10-18-19(7)11(12)2)17-22-15(3,4)16(5,6)23-17/h10,13H,8-9H2,1-7H3. The lowest BCUT2D eigenvalue weighted by Crippen LogP contribution is -2.41. The van der Waals surface area contributed by atoms with Crippen LogP contribution in [0.25, 0.3) is 0 Å². The summed E-state index contributed by atoms with van der Waals surface area (Å²) in [6.07, 6.45) is 1.99. The molecule has 1 saturated heterocycles. The van der Waals surface area contributed by atoms with E-state index in [1.54, 1.807) is 17.8 Å². The molecule has 0 aliphatic carbocycles. The number of hydrogen-bond donors (Lipinski definition) is 0. The zero-order valence-electron chi connectivity index (χ0n) is 15.2. The van der Waals surface area contributed by atoms with E-state index in [0.717, 1.165) is 11.3 Å². The highest BCUT2D eigenvalue weighted by molar-refractivity contribution is 6.48. The molecule has 0 aromatic carbocycles. The predicted octanol–water partition coefficient (Wildman–Crippen LogP) is 2.40. The van der Waals surface area contributed by atoms with Gasteiger partial charge in [0.2, 0.25) is 0 Å². The molecule has 23 heavy (non-hydrogen) atoms. The normalized spacial score (nSPS) is 20.6. The van der Waals surface area contributed by atoms with E-state index in [4.69, 9.17) is 14.0 Å². The highest BCUT2D eigenvalue weighted by Gasteiger charge is 2.54. The zero-order chi connectivity index (χ0) is 17.4. The average molecular weight is 322 g/mol. The van der Waals surface area contributed by atoms with E-state index in [2.05, 4.69) is 5.10 Å². The minimum absolute atomic E-state index is 0.206. The molecule has 2 heterocycles. The summed E-state index contributed by atoms with van der Waals surface area (Å²) in [7, 11) is 1.37. The first-order valence-electron chi connectivity index (χ1n) is 8.09. The Hall–Kier alpha value is -1.34. The summed E-state index contributed by atoms with van der Waals surface area (Å²) in [4.78, 5) is 12.1. The number of hydrogen-bond acceptors (Lipinski definition) is 5. The summed E-state index contributed by atoms with van der Waals surface area (Å²) >= 11 is 0. The van der Waals surface area contributed by atoms with Gasteiger partial charge in [-0.25, -0.2) is 0 Å². The van der Waals surface area contributed by atoms with Gasteiger partial charge in [-0.15, -0.1) is 0 Å². The van der Waals surface area contributed by atoms with Crippen LogP contribution in [-0.2, 0) is 25.9 Å². The van der Waals surface area contributed by atoms with E-state index in [1.165, 1.54) is 0 Å².